The van der Waals surface area contributed by atoms with Gasteiger partial charge in [-0.3, -0.25) is 0 Å². The fourth-order valence-electron chi connectivity index (χ4n) is 2.82. The molecule has 2 heteroatoms. The van der Waals surface area contributed by atoms with Crippen molar-refractivity contribution in [2.24, 2.45) is 0 Å². The van der Waals surface area contributed by atoms with Crippen LogP contribution in [0, 0.1) is 13.8 Å². The quantitative estimate of drug-likeness (QED) is 0.793. The topological polar surface area (TPSA) is 38.0 Å². The normalized spacial score (nSPS) is 17.3. The third-order valence-corrected chi connectivity index (χ3v) is 4.09. The molecule has 98 valence electrons. The van der Waals surface area contributed by atoms with Crippen LogP contribution in [0.1, 0.15) is 34.7 Å². The number of nitrogens with one attached hydrogen (secondary N) is 1. The van der Waals surface area contributed by atoms with Crippen LogP contribution in [0.5, 0.6) is 0 Å². The third-order valence-electron chi connectivity index (χ3n) is 4.09. The van der Waals surface area contributed by atoms with Gasteiger partial charge in [0.15, 0.2) is 0 Å². The molecule has 0 aliphatic heterocycles. The summed E-state index contributed by atoms with van der Waals surface area (Å²) < 4.78 is 0. The van der Waals surface area contributed by atoms with Gasteiger partial charge in [0.1, 0.15) is 0 Å². The zero-order valence-corrected chi connectivity index (χ0v) is 11.5. The van der Waals surface area contributed by atoms with E-state index in [9.17, 15) is 0 Å². The van der Waals surface area contributed by atoms with Gasteiger partial charge in [0, 0.05) is 11.4 Å². The molecule has 0 saturated carbocycles. The summed E-state index contributed by atoms with van der Waals surface area (Å²) in [5, 5.41) is 3.64. The number of benzene rings is 2. The largest absolute Gasteiger partial charge is 0.399 e. The number of aryl methyl sites for hydroxylation is 3. The van der Waals surface area contributed by atoms with Crippen molar-refractivity contribution in [2.45, 2.75) is 32.7 Å². The molecule has 19 heavy (non-hydrogen) atoms. The SMILES string of the molecule is Cc1ccc(NC2CCc3cc(N)ccc32)cc1C. The van der Waals surface area contributed by atoms with Gasteiger partial charge in [-0.2, -0.15) is 0 Å². The summed E-state index contributed by atoms with van der Waals surface area (Å²) in [7, 11) is 0. The number of fused-ring (bicyclic) bond motifs is 1. The molecule has 2 aromatic rings. The number of hydrogen-bond donors (Lipinski definition) is 2. The predicted molar refractivity (Wildman–Crippen MR) is 81.5 cm³/mol. The van der Waals surface area contributed by atoms with Crippen LogP contribution in [0.25, 0.3) is 0 Å². The molecule has 0 saturated heterocycles. The van der Waals surface area contributed by atoms with Gasteiger partial charge in [-0.05, 0) is 73.2 Å². The van der Waals surface area contributed by atoms with Gasteiger partial charge in [-0.15, -0.1) is 0 Å². The van der Waals surface area contributed by atoms with Crippen molar-refractivity contribution < 1.29 is 0 Å². The number of anilines is 2. The fourth-order valence-corrected chi connectivity index (χ4v) is 2.82. The maximum atomic E-state index is 5.84. The van der Waals surface area contributed by atoms with Crippen LogP contribution < -0.4 is 11.1 Å². The second-order valence-electron chi connectivity index (χ2n) is 5.49. The van der Waals surface area contributed by atoms with Crippen molar-refractivity contribution in [1.29, 1.82) is 0 Å². The molecule has 0 bridgehead atoms. The Balaban J connectivity index is 1.84. The first-order valence-electron chi connectivity index (χ1n) is 6.85. The van der Waals surface area contributed by atoms with Gasteiger partial charge in [0.25, 0.3) is 0 Å². The van der Waals surface area contributed by atoms with E-state index < -0.39 is 0 Å². The zero-order valence-electron chi connectivity index (χ0n) is 11.5. The van der Waals surface area contributed by atoms with Crippen molar-refractivity contribution >= 4 is 11.4 Å². The second kappa shape index (κ2) is 4.61. The highest BCUT2D eigenvalue weighted by Gasteiger charge is 2.22. The monoisotopic (exact) mass is 252 g/mol. The van der Waals surface area contributed by atoms with E-state index in [0.717, 1.165) is 18.5 Å². The molecular formula is C17H20N2. The summed E-state index contributed by atoms with van der Waals surface area (Å²) >= 11 is 0. The lowest BCUT2D eigenvalue weighted by Gasteiger charge is -2.16. The maximum Gasteiger partial charge on any atom is 0.0519 e. The van der Waals surface area contributed by atoms with E-state index in [1.165, 1.54) is 27.9 Å². The lowest BCUT2D eigenvalue weighted by molar-refractivity contribution is 0.762. The van der Waals surface area contributed by atoms with Crippen molar-refractivity contribution in [3.8, 4) is 0 Å². The molecule has 2 nitrogen and oxygen atoms in total. The van der Waals surface area contributed by atoms with Gasteiger partial charge in [-0.1, -0.05) is 12.1 Å². The molecule has 0 amide bonds. The summed E-state index contributed by atoms with van der Waals surface area (Å²) in [5.41, 5.74) is 13.4. The molecule has 0 aromatic heterocycles. The van der Waals surface area contributed by atoms with E-state index in [1.807, 2.05) is 6.07 Å². The van der Waals surface area contributed by atoms with E-state index >= 15 is 0 Å². The Kier molecular flexibility index (Phi) is 2.94. The minimum Gasteiger partial charge on any atom is -0.399 e. The fraction of sp³-hybridized carbons (Fsp3) is 0.294. The van der Waals surface area contributed by atoms with E-state index in [0.29, 0.717) is 6.04 Å². The molecule has 1 atom stereocenters. The Morgan fingerprint density at radius 1 is 1.05 bits per heavy atom. The highest BCUT2D eigenvalue weighted by Crippen LogP contribution is 2.35. The van der Waals surface area contributed by atoms with E-state index in [-0.39, 0.29) is 0 Å². The standard InChI is InChI=1S/C17H20N2/c1-11-3-6-15(9-12(11)2)19-17-8-4-13-10-14(18)5-7-16(13)17/h3,5-7,9-10,17,19H,4,8,18H2,1-2H3. The van der Waals surface area contributed by atoms with Crippen molar-refractivity contribution in [2.75, 3.05) is 11.1 Å². The van der Waals surface area contributed by atoms with Crippen LogP contribution in [0.15, 0.2) is 36.4 Å². The van der Waals surface area contributed by atoms with Crippen LogP contribution in [-0.4, -0.2) is 0 Å². The molecule has 3 N–H and O–H groups in total. The second-order valence-corrected chi connectivity index (χ2v) is 5.49. The third kappa shape index (κ3) is 2.30. The van der Waals surface area contributed by atoms with Gasteiger partial charge in [0.2, 0.25) is 0 Å². The molecule has 0 spiro atoms. The average molecular weight is 252 g/mol. The van der Waals surface area contributed by atoms with Crippen molar-refractivity contribution in [3.63, 3.8) is 0 Å². The van der Waals surface area contributed by atoms with Crippen molar-refractivity contribution in [1.82, 2.24) is 0 Å². The first kappa shape index (κ1) is 12.1. The first-order valence-corrected chi connectivity index (χ1v) is 6.85. The van der Waals surface area contributed by atoms with Gasteiger partial charge >= 0.3 is 0 Å². The molecule has 2 aromatic carbocycles. The number of hydrogen-bond acceptors (Lipinski definition) is 2. The smallest absolute Gasteiger partial charge is 0.0519 e. The van der Waals surface area contributed by atoms with E-state index in [1.54, 1.807) is 0 Å². The Labute approximate surface area is 114 Å². The van der Waals surface area contributed by atoms with Gasteiger partial charge < -0.3 is 11.1 Å². The molecule has 1 aliphatic rings. The summed E-state index contributed by atoms with van der Waals surface area (Å²) in [6, 6.07) is 13.3. The highest BCUT2D eigenvalue weighted by molar-refractivity contribution is 5.54. The first-order chi connectivity index (χ1) is 9.13. The van der Waals surface area contributed by atoms with E-state index in [2.05, 4.69) is 49.5 Å². The lowest BCUT2D eigenvalue weighted by atomic mass is 10.1. The minimum absolute atomic E-state index is 0.415. The van der Waals surface area contributed by atoms with Crippen LogP contribution in [-0.2, 0) is 6.42 Å². The van der Waals surface area contributed by atoms with Crippen LogP contribution >= 0.6 is 0 Å². The maximum absolute atomic E-state index is 5.84. The zero-order chi connectivity index (χ0) is 13.4. The summed E-state index contributed by atoms with van der Waals surface area (Å²) in [6.07, 6.45) is 2.26. The van der Waals surface area contributed by atoms with Gasteiger partial charge in [0.05, 0.1) is 6.04 Å². The Bertz CT molecular complexity index is 617. The number of nitrogens with two attached hydrogens (primary N) is 1. The Hall–Kier alpha value is -1.96. The van der Waals surface area contributed by atoms with Crippen LogP contribution in [0.2, 0.25) is 0 Å². The minimum atomic E-state index is 0.415. The van der Waals surface area contributed by atoms with Crippen molar-refractivity contribution in [3.05, 3.63) is 58.7 Å². The van der Waals surface area contributed by atoms with Crippen LogP contribution in [0.3, 0.4) is 0 Å². The summed E-state index contributed by atoms with van der Waals surface area (Å²) in [5.74, 6) is 0. The predicted octanol–water partition coefficient (Wildman–Crippen LogP) is 3.99. The molecule has 0 heterocycles. The average Bonchev–Trinajstić information content (AvgIpc) is 2.76. The molecular weight excluding hydrogens is 232 g/mol. The summed E-state index contributed by atoms with van der Waals surface area (Å²) in [4.78, 5) is 0. The Morgan fingerprint density at radius 3 is 2.68 bits per heavy atom. The molecule has 1 unspecified atom stereocenters. The number of nitrogen functional groups attached to an aromatic ring is 1. The molecule has 1 aliphatic carbocycles. The lowest BCUT2D eigenvalue weighted by Crippen LogP contribution is -2.07. The Morgan fingerprint density at radius 2 is 1.89 bits per heavy atom. The molecule has 3 rings (SSSR count). The highest BCUT2D eigenvalue weighted by atomic mass is 14.9. The van der Waals surface area contributed by atoms with Crippen LogP contribution in [0.4, 0.5) is 11.4 Å². The molecule has 0 radical (unpaired) electrons. The molecule has 0 fully saturated rings. The van der Waals surface area contributed by atoms with Gasteiger partial charge in [-0.25, -0.2) is 0 Å². The van der Waals surface area contributed by atoms with E-state index in [4.69, 9.17) is 5.73 Å². The number of rotatable bonds is 2. The summed E-state index contributed by atoms with van der Waals surface area (Å²) in [6.45, 7) is 4.30.